The van der Waals surface area contributed by atoms with Crippen molar-refractivity contribution in [2.24, 2.45) is 0 Å². The van der Waals surface area contributed by atoms with Crippen molar-refractivity contribution >= 4 is 43.5 Å². The second kappa shape index (κ2) is 9.18. The second-order valence-corrected chi connectivity index (χ2v) is 11.6. The minimum Gasteiger partial charge on any atom is -0.278 e. The fraction of sp³-hybridized carbons (Fsp3) is 0. The molecule has 0 aliphatic heterocycles. The van der Waals surface area contributed by atoms with Crippen LogP contribution in [0.3, 0.4) is 0 Å². The quantitative estimate of drug-likeness (QED) is 0.207. The summed E-state index contributed by atoms with van der Waals surface area (Å²) in [5, 5.41) is 5.89. The number of nitrogens with zero attached hydrogens (tertiary/aromatic N) is 4. The van der Waals surface area contributed by atoms with Gasteiger partial charge in [-0.05, 0) is 57.3 Å². The summed E-state index contributed by atoms with van der Waals surface area (Å²) in [7, 11) is 0. The van der Waals surface area contributed by atoms with E-state index in [0.717, 1.165) is 44.1 Å². The summed E-state index contributed by atoms with van der Waals surface area (Å²) in [5.41, 5.74) is 12.2. The van der Waals surface area contributed by atoms with Gasteiger partial charge in [0.25, 0.3) is 0 Å². The third kappa shape index (κ3) is 3.39. The number of pyridine rings is 1. The Balaban J connectivity index is 1.37. The van der Waals surface area contributed by atoms with Gasteiger partial charge in [0, 0.05) is 45.2 Å². The van der Waals surface area contributed by atoms with Gasteiger partial charge in [0.2, 0.25) is 5.95 Å². The van der Waals surface area contributed by atoms with E-state index in [1.807, 2.05) is 24.5 Å². The number of benzene rings is 6. The van der Waals surface area contributed by atoms with Gasteiger partial charge in [0.15, 0.2) is 0 Å². The highest BCUT2D eigenvalue weighted by atomic mass is 15.2. The van der Waals surface area contributed by atoms with Crippen molar-refractivity contribution in [1.82, 2.24) is 19.5 Å². The van der Waals surface area contributed by atoms with E-state index in [1.54, 1.807) is 0 Å². The number of hydrogen-bond acceptors (Lipinski definition) is 3. The molecule has 6 aromatic carbocycles. The molecule has 3 aromatic heterocycles. The van der Waals surface area contributed by atoms with Gasteiger partial charge in [-0.1, -0.05) is 109 Å². The summed E-state index contributed by atoms with van der Waals surface area (Å²) in [6, 6.07) is 47.2. The maximum absolute atomic E-state index is 5.29. The molecule has 9 aromatic rings. The van der Waals surface area contributed by atoms with Gasteiger partial charge in [-0.15, -0.1) is 0 Å². The van der Waals surface area contributed by atoms with Crippen LogP contribution in [0.5, 0.6) is 0 Å². The highest BCUT2D eigenvalue weighted by molar-refractivity contribution is 6.23. The van der Waals surface area contributed by atoms with E-state index in [2.05, 4.69) is 131 Å². The third-order valence-corrected chi connectivity index (χ3v) is 9.25. The zero-order valence-electron chi connectivity index (χ0n) is 24.1. The monoisotopic (exact) mass is 572 g/mol. The SMILES string of the molecule is c1ccc(-c2nc(-n3c4ccccc4c4c5c(ccc43)-c3cccc4cccc(c34)-c3ccncc3-5)nc3ccccc23)cc1. The fourth-order valence-electron chi connectivity index (χ4n) is 7.38. The second-order valence-electron chi connectivity index (χ2n) is 11.6. The van der Waals surface area contributed by atoms with Crippen LogP contribution in [0, 0.1) is 0 Å². The molecule has 1 aliphatic carbocycles. The van der Waals surface area contributed by atoms with E-state index in [0.29, 0.717) is 5.95 Å². The first-order valence-electron chi connectivity index (χ1n) is 15.2. The molecule has 3 heterocycles. The largest absolute Gasteiger partial charge is 0.278 e. The molecule has 0 atom stereocenters. The summed E-state index contributed by atoms with van der Waals surface area (Å²) < 4.78 is 2.23. The smallest absolute Gasteiger partial charge is 0.235 e. The van der Waals surface area contributed by atoms with Crippen molar-refractivity contribution in [3.63, 3.8) is 0 Å². The molecule has 0 saturated heterocycles. The lowest BCUT2D eigenvalue weighted by molar-refractivity contribution is 1.01. The van der Waals surface area contributed by atoms with Crippen LogP contribution in [0.1, 0.15) is 0 Å². The standard InChI is InChI=1S/C41H24N4/c1-2-10-26(11-3-1)40-31-14-4-6-18-34(31)43-41(44-40)45-35-19-7-5-15-32(35)39-36(45)21-20-30-29-17-9-13-25-12-8-16-28(37(25)29)27-22-23-42-24-33(27)38(30)39/h1-24H. The molecular weight excluding hydrogens is 548 g/mol. The predicted octanol–water partition coefficient (Wildman–Crippen LogP) is 10.3. The van der Waals surface area contributed by atoms with Crippen LogP contribution in [-0.2, 0) is 0 Å². The Bertz CT molecular complexity index is 2650. The molecule has 4 nitrogen and oxygen atoms in total. The van der Waals surface area contributed by atoms with Crippen LogP contribution in [0.25, 0.3) is 94.1 Å². The first kappa shape index (κ1) is 24.3. The van der Waals surface area contributed by atoms with E-state index in [4.69, 9.17) is 9.97 Å². The molecule has 0 N–H and O–H groups in total. The molecule has 0 saturated carbocycles. The van der Waals surface area contributed by atoms with E-state index in [9.17, 15) is 0 Å². The number of para-hydroxylation sites is 2. The molecule has 0 spiro atoms. The van der Waals surface area contributed by atoms with Gasteiger partial charge in [-0.2, -0.15) is 0 Å². The number of fused-ring (bicyclic) bond motifs is 10. The highest BCUT2D eigenvalue weighted by Gasteiger charge is 2.27. The summed E-state index contributed by atoms with van der Waals surface area (Å²) in [6.45, 7) is 0. The van der Waals surface area contributed by atoms with Crippen molar-refractivity contribution in [2.75, 3.05) is 0 Å². The van der Waals surface area contributed by atoms with Crippen LogP contribution in [-0.4, -0.2) is 19.5 Å². The topological polar surface area (TPSA) is 43.6 Å². The lowest BCUT2D eigenvalue weighted by Crippen LogP contribution is -2.03. The Kier molecular flexibility index (Phi) is 4.96. The lowest BCUT2D eigenvalue weighted by Gasteiger charge is -2.14. The highest BCUT2D eigenvalue weighted by Crippen LogP contribution is 2.51. The summed E-state index contributed by atoms with van der Waals surface area (Å²) in [5.74, 6) is 0.657. The maximum atomic E-state index is 5.29. The molecule has 0 fully saturated rings. The predicted molar refractivity (Wildman–Crippen MR) is 184 cm³/mol. The molecule has 0 amide bonds. The average Bonchev–Trinajstić information content (AvgIpc) is 3.39. The Hall–Kier alpha value is -6.13. The van der Waals surface area contributed by atoms with E-state index >= 15 is 0 Å². The van der Waals surface area contributed by atoms with E-state index in [1.165, 1.54) is 44.0 Å². The van der Waals surface area contributed by atoms with Crippen LogP contribution < -0.4 is 0 Å². The van der Waals surface area contributed by atoms with Crippen LogP contribution in [0.4, 0.5) is 0 Å². The molecule has 45 heavy (non-hydrogen) atoms. The van der Waals surface area contributed by atoms with E-state index < -0.39 is 0 Å². The van der Waals surface area contributed by atoms with E-state index in [-0.39, 0.29) is 0 Å². The maximum Gasteiger partial charge on any atom is 0.235 e. The average molecular weight is 573 g/mol. The van der Waals surface area contributed by atoms with Gasteiger partial charge in [0.1, 0.15) is 0 Å². The first-order valence-corrected chi connectivity index (χ1v) is 15.2. The minimum atomic E-state index is 0.657. The number of hydrogen-bond donors (Lipinski definition) is 0. The normalized spacial score (nSPS) is 12.0. The van der Waals surface area contributed by atoms with Gasteiger partial charge >= 0.3 is 0 Å². The lowest BCUT2D eigenvalue weighted by atomic mass is 9.91. The number of aromatic nitrogens is 4. The Labute approximate surface area is 258 Å². The molecule has 0 unspecified atom stereocenters. The Morgan fingerprint density at radius 3 is 2.09 bits per heavy atom. The minimum absolute atomic E-state index is 0.657. The molecule has 0 radical (unpaired) electrons. The van der Waals surface area contributed by atoms with Crippen LogP contribution in [0.15, 0.2) is 146 Å². The zero-order chi connectivity index (χ0) is 29.5. The fourth-order valence-corrected chi connectivity index (χ4v) is 7.38. The zero-order valence-corrected chi connectivity index (χ0v) is 24.1. The first-order chi connectivity index (χ1) is 22.3. The van der Waals surface area contributed by atoms with Gasteiger partial charge < -0.3 is 0 Å². The van der Waals surface area contributed by atoms with Crippen molar-refractivity contribution in [1.29, 1.82) is 0 Å². The molecule has 0 bridgehead atoms. The van der Waals surface area contributed by atoms with Crippen molar-refractivity contribution < 1.29 is 0 Å². The van der Waals surface area contributed by atoms with Crippen LogP contribution >= 0.6 is 0 Å². The van der Waals surface area contributed by atoms with Gasteiger partial charge in [-0.25, -0.2) is 9.97 Å². The summed E-state index contributed by atoms with van der Waals surface area (Å²) >= 11 is 0. The number of rotatable bonds is 2. The van der Waals surface area contributed by atoms with Gasteiger partial charge in [0.05, 0.1) is 22.2 Å². The Morgan fingerprint density at radius 1 is 0.467 bits per heavy atom. The summed E-state index contributed by atoms with van der Waals surface area (Å²) in [4.78, 5) is 15.1. The van der Waals surface area contributed by atoms with Crippen LogP contribution in [0.2, 0.25) is 0 Å². The van der Waals surface area contributed by atoms with Gasteiger partial charge in [-0.3, -0.25) is 9.55 Å². The van der Waals surface area contributed by atoms with Crippen molar-refractivity contribution in [2.45, 2.75) is 0 Å². The molecular formula is C41H24N4. The van der Waals surface area contributed by atoms with Crippen molar-refractivity contribution in [3.05, 3.63) is 146 Å². The molecule has 208 valence electrons. The van der Waals surface area contributed by atoms with Crippen molar-refractivity contribution in [3.8, 4) is 50.6 Å². The molecule has 10 rings (SSSR count). The summed E-state index contributed by atoms with van der Waals surface area (Å²) in [6.07, 6.45) is 3.94. The third-order valence-electron chi connectivity index (χ3n) is 9.25. The Morgan fingerprint density at radius 2 is 1.22 bits per heavy atom. The molecule has 1 aliphatic rings. The molecule has 4 heteroatoms.